The monoisotopic (exact) mass is 243 g/mol. The van der Waals surface area contributed by atoms with E-state index in [1.54, 1.807) is 0 Å². The number of aromatic nitrogens is 1. The van der Waals surface area contributed by atoms with Crippen molar-refractivity contribution in [3.63, 3.8) is 0 Å². The van der Waals surface area contributed by atoms with Gasteiger partial charge in [-0.2, -0.15) is 0 Å². The molecule has 1 aromatic carbocycles. The predicted molar refractivity (Wildman–Crippen MR) is 77.7 cm³/mol. The third kappa shape index (κ3) is 2.99. The lowest BCUT2D eigenvalue weighted by Gasteiger charge is -2.25. The van der Waals surface area contributed by atoms with E-state index in [0.29, 0.717) is 0 Å². The molecule has 0 fully saturated rings. The molecule has 0 aliphatic carbocycles. The van der Waals surface area contributed by atoms with Crippen molar-refractivity contribution in [2.24, 2.45) is 11.1 Å². The summed E-state index contributed by atoms with van der Waals surface area (Å²) in [6, 6.07) is 10.2. The summed E-state index contributed by atoms with van der Waals surface area (Å²) in [7, 11) is 0. The highest BCUT2D eigenvalue weighted by molar-refractivity contribution is 5.90. The van der Waals surface area contributed by atoms with Crippen molar-refractivity contribution < 1.29 is 0 Å². The molecule has 0 unspecified atom stereocenters. The second kappa shape index (κ2) is 5.36. The Hall–Kier alpha value is -1.61. The van der Waals surface area contributed by atoms with Crippen LogP contribution in [0, 0.1) is 5.41 Å². The van der Waals surface area contributed by atoms with Gasteiger partial charge in [-0.15, -0.1) is 0 Å². The maximum absolute atomic E-state index is 5.64. The molecular weight excluding hydrogens is 222 g/mol. The van der Waals surface area contributed by atoms with Gasteiger partial charge in [0, 0.05) is 23.8 Å². The van der Waals surface area contributed by atoms with Crippen LogP contribution in [-0.2, 0) is 0 Å². The zero-order valence-electron chi connectivity index (χ0n) is 11.1. The predicted octanol–water partition coefficient (Wildman–Crippen LogP) is 3.02. The Bertz CT molecular complexity index is 515. The average Bonchev–Trinajstić information content (AvgIpc) is 2.36. The minimum Gasteiger partial charge on any atom is -0.384 e. The molecule has 2 rings (SSSR count). The van der Waals surface area contributed by atoms with E-state index in [9.17, 15) is 0 Å². The topological polar surface area (TPSA) is 50.9 Å². The van der Waals surface area contributed by atoms with Crippen molar-refractivity contribution in [3.8, 4) is 0 Å². The number of nitrogens with zero attached hydrogens (tertiary/aromatic N) is 1. The van der Waals surface area contributed by atoms with Crippen molar-refractivity contribution in [1.29, 1.82) is 0 Å². The molecule has 2 aromatic rings. The number of pyridine rings is 1. The number of anilines is 1. The van der Waals surface area contributed by atoms with E-state index < -0.39 is 0 Å². The first kappa shape index (κ1) is 12.8. The number of para-hydroxylation sites is 1. The second-order valence-corrected chi connectivity index (χ2v) is 5.43. The first-order chi connectivity index (χ1) is 8.62. The molecule has 0 amide bonds. The summed E-state index contributed by atoms with van der Waals surface area (Å²) in [5.41, 5.74) is 8.01. The Balaban J connectivity index is 2.17. The molecule has 3 heteroatoms. The SMILES string of the molecule is CC(C)(CCN)CNc1ccnc2ccccc12. The molecule has 0 atom stereocenters. The van der Waals surface area contributed by atoms with Crippen molar-refractivity contribution >= 4 is 16.6 Å². The van der Waals surface area contributed by atoms with Crippen LogP contribution in [0.4, 0.5) is 5.69 Å². The molecule has 96 valence electrons. The van der Waals surface area contributed by atoms with E-state index in [2.05, 4.69) is 30.2 Å². The quantitative estimate of drug-likeness (QED) is 0.848. The Morgan fingerprint density at radius 3 is 2.78 bits per heavy atom. The van der Waals surface area contributed by atoms with Crippen LogP contribution in [0.15, 0.2) is 36.5 Å². The standard InChI is InChI=1S/C15H21N3/c1-15(2,8-9-16)11-18-14-7-10-17-13-6-4-3-5-12(13)14/h3-7,10H,8-9,11,16H2,1-2H3,(H,17,18). The molecule has 0 spiro atoms. The third-order valence-electron chi connectivity index (χ3n) is 3.23. The first-order valence-electron chi connectivity index (χ1n) is 6.40. The Morgan fingerprint density at radius 1 is 1.22 bits per heavy atom. The highest BCUT2D eigenvalue weighted by atomic mass is 14.9. The Labute approximate surface area is 108 Å². The Morgan fingerprint density at radius 2 is 2.00 bits per heavy atom. The molecule has 1 aromatic heterocycles. The van der Waals surface area contributed by atoms with Crippen LogP contribution in [0.2, 0.25) is 0 Å². The lowest BCUT2D eigenvalue weighted by Crippen LogP contribution is -2.26. The fourth-order valence-corrected chi connectivity index (χ4v) is 2.06. The molecule has 0 aliphatic heterocycles. The van der Waals surface area contributed by atoms with E-state index in [4.69, 9.17) is 5.73 Å². The molecule has 0 saturated carbocycles. The maximum atomic E-state index is 5.64. The van der Waals surface area contributed by atoms with Gasteiger partial charge in [0.1, 0.15) is 0 Å². The van der Waals surface area contributed by atoms with Gasteiger partial charge in [-0.3, -0.25) is 4.98 Å². The number of benzene rings is 1. The molecule has 18 heavy (non-hydrogen) atoms. The van der Waals surface area contributed by atoms with Crippen LogP contribution in [-0.4, -0.2) is 18.1 Å². The number of hydrogen-bond donors (Lipinski definition) is 2. The van der Waals surface area contributed by atoms with Crippen molar-refractivity contribution in [2.45, 2.75) is 20.3 Å². The largest absolute Gasteiger partial charge is 0.384 e. The molecule has 0 aliphatic rings. The van der Waals surface area contributed by atoms with Crippen LogP contribution in [0.5, 0.6) is 0 Å². The molecular formula is C15H21N3. The Kier molecular flexibility index (Phi) is 3.82. The summed E-state index contributed by atoms with van der Waals surface area (Å²) in [6.45, 7) is 6.11. The van der Waals surface area contributed by atoms with Gasteiger partial charge in [0.25, 0.3) is 0 Å². The molecule has 0 bridgehead atoms. The molecule has 3 N–H and O–H groups in total. The average molecular weight is 243 g/mol. The van der Waals surface area contributed by atoms with E-state index in [0.717, 1.165) is 30.7 Å². The van der Waals surface area contributed by atoms with Gasteiger partial charge in [-0.25, -0.2) is 0 Å². The highest BCUT2D eigenvalue weighted by Gasteiger charge is 2.16. The smallest absolute Gasteiger partial charge is 0.0722 e. The van der Waals surface area contributed by atoms with Gasteiger partial charge < -0.3 is 11.1 Å². The van der Waals surface area contributed by atoms with Gasteiger partial charge in [0.05, 0.1) is 5.52 Å². The van der Waals surface area contributed by atoms with Crippen LogP contribution in [0.1, 0.15) is 20.3 Å². The number of nitrogens with two attached hydrogens (primary N) is 1. The molecule has 3 nitrogen and oxygen atoms in total. The van der Waals surface area contributed by atoms with Crippen LogP contribution >= 0.6 is 0 Å². The summed E-state index contributed by atoms with van der Waals surface area (Å²) in [4.78, 5) is 4.36. The molecule has 0 radical (unpaired) electrons. The molecule has 1 heterocycles. The van der Waals surface area contributed by atoms with Gasteiger partial charge in [0.15, 0.2) is 0 Å². The van der Waals surface area contributed by atoms with Crippen molar-refractivity contribution in [1.82, 2.24) is 4.98 Å². The van der Waals surface area contributed by atoms with Gasteiger partial charge in [-0.05, 0) is 30.5 Å². The van der Waals surface area contributed by atoms with Crippen LogP contribution < -0.4 is 11.1 Å². The maximum Gasteiger partial charge on any atom is 0.0722 e. The van der Waals surface area contributed by atoms with Crippen LogP contribution in [0.3, 0.4) is 0 Å². The lowest BCUT2D eigenvalue weighted by molar-refractivity contribution is 0.365. The van der Waals surface area contributed by atoms with Crippen molar-refractivity contribution in [3.05, 3.63) is 36.5 Å². The van der Waals surface area contributed by atoms with Gasteiger partial charge >= 0.3 is 0 Å². The zero-order chi connectivity index (χ0) is 13.0. The lowest BCUT2D eigenvalue weighted by atomic mass is 9.89. The third-order valence-corrected chi connectivity index (χ3v) is 3.23. The summed E-state index contributed by atoms with van der Waals surface area (Å²) >= 11 is 0. The number of nitrogens with one attached hydrogen (secondary N) is 1. The summed E-state index contributed by atoms with van der Waals surface area (Å²) in [5, 5.41) is 4.69. The molecule has 0 saturated heterocycles. The minimum atomic E-state index is 0.207. The number of rotatable bonds is 5. The fraction of sp³-hybridized carbons (Fsp3) is 0.400. The fourth-order valence-electron chi connectivity index (χ4n) is 2.06. The highest BCUT2D eigenvalue weighted by Crippen LogP contribution is 2.24. The number of fused-ring (bicyclic) bond motifs is 1. The second-order valence-electron chi connectivity index (χ2n) is 5.43. The summed E-state index contributed by atoms with van der Waals surface area (Å²) < 4.78 is 0. The summed E-state index contributed by atoms with van der Waals surface area (Å²) in [6.07, 6.45) is 2.86. The van der Waals surface area contributed by atoms with Gasteiger partial charge in [-0.1, -0.05) is 32.0 Å². The van der Waals surface area contributed by atoms with Gasteiger partial charge in [0.2, 0.25) is 0 Å². The van der Waals surface area contributed by atoms with E-state index in [1.165, 1.54) is 5.39 Å². The zero-order valence-corrected chi connectivity index (χ0v) is 11.1. The first-order valence-corrected chi connectivity index (χ1v) is 6.40. The van der Waals surface area contributed by atoms with E-state index in [1.807, 2.05) is 30.5 Å². The minimum absolute atomic E-state index is 0.207. The van der Waals surface area contributed by atoms with E-state index >= 15 is 0 Å². The summed E-state index contributed by atoms with van der Waals surface area (Å²) in [5.74, 6) is 0. The van der Waals surface area contributed by atoms with Crippen molar-refractivity contribution in [2.75, 3.05) is 18.4 Å². The number of hydrogen-bond acceptors (Lipinski definition) is 3. The van der Waals surface area contributed by atoms with E-state index in [-0.39, 0.29) is 5.41 Å². The normalized spacial score (nSPS) is 11.7. The van der Waals surface area contributed by atoms with Crippen LogP contribution in [0.25, 0.3) is 10.9 Å².